The van der Waals surface area contributed by atoms with E-state index < -0.39 is 10.7 Å². The van der Waals surface area contributed by atoms with Crippen LogP contribution in [0.4, 0.5) is 10.1 Å². The largest absolute Gasteiger partial charge is 0.282 e. The molecule has 0 spiro atoms. The summed E-state index contributed by atoms with van der Waals surface area (Å²) >= 11 is 0. The summed E-state index contributed by atoms with van der Waals surface area (Å²) in [4.78, 5) is 10.4. The first-order valence-corrected chi connectivity index (χ1v) is 6.04. The summed E-state index contributed by atoms with van der Waals surface area (Å²) in [7, 11) is 0. The highest BCUT2D eigenvalue weighted by Crippen LogP contribution is 2.41. The van der Waals surface area contributed by atoms with Gasteiger partial charge in [0.25, 0.3) is 5.69 Å². The molecule has 0 amide bonds. The quantitative estimate of drug-likeness (QED) is 0.686. The van der Waals surface area contributed by atoms with E-state index in [0.29, 0.717) is 11.6 Å². The highest BCUT2D eigenvalue weighted by atomic mass is 19.1. The van der Waals surface area contributed by atoms with E-state index in [4.69, 9.17) is 5.26 Å². The van der Waals surface area contributed by atoms with Gasteiger partial charge in [-0.2, -0.15) is 10.4 Å². The Kier molecular flexibility index (Phi) is 2.71. The predicted octanol–water partition coefficient (Wildman–Crippen LogP) is 2.87. The molecule has 1 saturated carbocycles. The number of hydrogen-bond acceptors (Lipinski definition) is 4. The van der Waals surface area contributed by atoms with Gasteiger partial charge in [-0.05, 0) is 25.0 Å². The second-order valence-electron chi connectivity index (χ2n) is 4.70. The third kappa shape index (κ3) is 2.01. The number of rotatable bonds is 3. The number of nitriles is 1. The van der Waals surface area contributed by atoms with E-state index in [0.717, 1.165) is 30.7 Å². The second-order valence-corrected chi connectivity index (χ2v) is 4.70. The first-order chi connectivity index (χ1) is 9.60. The monoisotopic (exact) mass is 272 g/mol. The van der Waals surface area contributed by atoms with Crippen molar-refractivity contribution in [2.75, 3.05) is 0 Å². The van der Waals surface area contributed by atoms with E-state index in [1.54, 1.807) is 12.1 Å². The van der Waals surface area contributed by atoms with E-state index in [1.807, 2.05) is 0 Å². The van der Waals surface area contributed by atoms with Gasteiger partial charge in [-0.25, -0.2) is 4.39 Å². The van der Waals surface area contributed by atoms with Gasteiger partial charge in [0.1, 0.15) is 11.9 Å². The molecular formula is C13H9FN4O2. The van der Waals surface area contributed by atoms with Gasteiger partial charge in [-0.15, -0.1) is 0 Å². The van der Waals surface area contributed by atoms with E-state index in [-0.39, 0.29) is 16.8 Å². The summed E-state index contributed by atoms with van der Waals surface area (Å²) in [6.45, 7) is 0. The topological polar surface area (TPSA) is 95.6 Å². The van der Waals surface area contributed by atoms with Crippen LogP contribution in [0.1, 0.15) is 30.0 Å². The highest BCUT2D eigenvalue weighted by molar-refractivity contribution is 5.72. The summed E-state index contributed by atoms with van der Waals surface area (Å²) in [6, 6.07) is 5.23. The molecule has 0 unspecified atom stereocenters. The molecule has 1 heterocycles. The van der Waals surface area contributed by atoms with Crippen LogP contribution in [0.2, 0.25) is 0 Å². The number of nitrogens with one attached hydrogen (secondary N) is 1. The Hall–Kier alpha value is -2.75. The normalized spacial score (nSPS) is 14.0. The number of halogens is 1. The zero-order valence-electron chi connectivity index (χ0n) is 10.3. The lowest BCUT2D eigenvalue weighted by atomic mass is 10.1. The smallest absolute Gasteiger partial charge is 0.280 e. The molecule has 1 fully saturated rings. The lowest BCUT2D eigenvalue weighted by Gasteiger charge is -2.01. The molecule has 0 atom stereocenters. The van der Waals surface area contributed by atoms with Gasteiger partial charge >= 0.3 is 0 Å². The molecule has 0 saturated heterocycles. The molecule has 20 heavy (non-hydrogen) atoms. The molecule has 1 aromatic heterocycles. The molecule has 1 aromatic carbocycles. The maximum absolute atomic E-state index is 13.7. The fraction of sp³-hybridized carbons (Fsp3) is 0.231. The number of aromatic nitrogens is 2. The van der Waals surface area contributed by atoms with E-state index in [9.17, 15) is 14.5 Å². The van der Waals surface area contributed by atoms with Crippen LogP contribution in [0, 0.1) is 27.3 Å². The maximum Gasteiger partial charge on any atom is 0.280 e. The lowest BCUT2D eigenvalue weighted by Crippen LogP contribution is -1.96. The zero-order chi connectivity index (χ0) is 14.3. The number of nitro groups is 1. The minimum absolute atomic E-state index is 0.0784. The molecule has 0 radical (unpaired) electrons. The Morgan fingerprint density at radius 1 is 1.45 bits per heavy atom. The van der Waals surface area contributed by atoms with Gasteiger partial charge in [0.2, 0.25) is 0 Å². The molecular weight excluding hydrogens is 263 g/mol. The van der Waals surface area contributed by atoms with Crippen LogP contribution in [-0.2, 0) is 0 Å². The van der Waals surface area contributed by atoms with Crippen molar-refractivity contribution in [3.63, 3.8) is 0 Å². The van der Waals surface area contributed by atoms with Crippen molar-refractivity contribution in [1.29, 1.82) is 5.26 Å². The number of hydrogen-bond donors (Lipinski definition) is 1. The van der Waals surface area contributed by atoms with Gasteiger partial charge in [0.05, 0.1) is 21.7 Å². The van der Waals surface area contributed by atoms with Crippen LogP contribution in [0.25, 0.3) is 11.3 Å². The number of nitrogens with zero attached hydrogens (tertiary/aromatic N) is 3. The van der Waals surface area contributed by atoms with Gasteiger partial charge in [0.15, 0.2) is 0 Å². The van der Waals surface area contributed by atoms with Crippen molar-refractivity contribution < 1.29 is 9.31 Å². The Labute approximate surface area is 113 Å². The zero-order valence-corrected chi connectivity index (χ0v) is 10.3. The molecule has 1 aliphatic carbocycles. The Balaban J connectivity index is 2.13. The molecule has 7 heteroatoms. The minimum Gasteiger partial charge on any atom is -0.282 e. The van der Waals surface area contributed by atoms with Gasteiger partial charge in [-0.3, -0.25) is 15.2 Å². The molecule has 3 rings (SSSR count). The number of aromatic amines is 1. The van der Waals surface area contributed by atoms with Gasteiger partial charge in [-0.1, -0.05) is 0 Å². The van der Waals surface area contributed by atoms with Crippen LogP contribution in [0.15, 0.2) is 18.2 Å². The van der Waals surface area contributed by atoms with Crippen LogP contribution in [-0.4, -0.2) is 15.1 Å². The second kappa shape index (κ2) is 4.42. The molecule has 0 aliphatic heterocycles. The molecule has 100 valence electrons. The van der Waals surface area contributed by atoms with E-state index >= 15 is 0 Å². The average Bonchev–Trinajstić information content (AvgIpc) is 3.16. The standard InChI is InChI=1S/C13H9FN4O2/c14-10-4-9(13(18(19)20)3-8(10)6-15)12-5-11(16-17-12)7-1-2-7/h3-5,7H,1-2H2,(H,16,17). The summed E-state index contributed by atoms with van der Waals surface area (Å²) in [5, 5.41) is 26.6. The van der Waals surface area contributed by atoms with Crippen molar-refractivity contribution in [2.24, 2.45) is 0 Å². The van der Waals surface area contributed by atoms with Crippen molar-refractivity contribution >= 4 is 5.69 Å². The average molecular weight is 272 g/mol. The summed E-state index contributed by atoms with van der Waals surface area (Å²) in [5.41, 5.74) is 0.630. The van der Waals surface area contributed by atoms with Gasteiger partial charge in [0, 0.05) is 17.7 Å². The molecule has 1 N–H and O–H groups in total. The van der Waals surface area contributed by atoms with Gasteiger partial charge < -0.3 is 0 Å². The lowest BCUT2D eigenvalue weighted by molar-refractivity contribution is -0.384. The first-order valence-electron chi connectivity index (χ1n) is 6.04. The number of nitro benzene ring substituents is 1. The fourth-order valence-electron chi connectivity index (χ4n) is 2.08. The van der Waals surface area contributed by atoms with Crippen molar-refractivity contribution in [3.8, 4) is 17.3 Å². The third-order valence-corrected chi connectivity index (χ3v) is 3.29. The first kappa shape index (κ1) is 12.3. The van der Waals surface area contributed by atoms with Crippen LogP contribution >= 0.6 is 0 Å². The minimum atomic E-state index is -0.788. The maximum atomic E-state index is 13.7. The van der Waals surface area contributed by atoms with Crippen molar-refractivity contribution in [3.05, 3.63) is 45.4 Å². The third-order valence-electron chi connectivity index (χ3n) is 3.29. The number of H-pyrrole nitrogens is 1. The SMILES string of the molecule is N#Cc1cc([N+](=O)[O-])c(-c2cc(C3CC3)[nH]n2)cc1F. The van der Waals surface area contributed by atoms with Crippen LogP contribution in [0.3, 0.4) is 0 Å². The van der Waals surface area contributed by atoms with Crippen molar-refractivity contribution in [1.82, 2.24) is 10.2 Å². The molecule has 1 aliphatic rings. The number of benzene rings is 1. The fourth-order valence-corrected chi connectivity index (χ4v) is 2.08. The Morgan fingerprint density at radius 2 is 2.20 bits per heavy atom. The van der Waals surface area contributed by atoms with E-state index in [1.165, 1.54) is 0 Å². The highest BCUT2D eigenvalue weighted by Gasteiger charge is 2.27. The summed E-state index contributed by atoms with van der Waals surface area (Å²) in [5.74, 6) is -0.373. The summed E-state index contributed by atoms with van der Waals surface area (Å²) in [6.07, 6.45) is 2.12. The Bertz CT molecular complexity index is 743. The summed E-state index contributed by atoms with van der Waals surface area (Å²) < 4.78 is 13.7. The Morgan fingerprint density at radius 3 is 2.80 bits per heavy atom. The van der Waals surface area contributed by atoms with Crippen LogP contribution < -0.4 is 0 Å². The van der Waals surface area contributed by atoms with Crippen LogP contribution in [0.5, 0.6) is 0 Å². The van der Waals surface area contributed by atoms with E-state index in [2.05, 4.69) is 10.2 Å². The predicted molar refractivity (Wildman–Crippen MR) is 67.3 cm³/mol. The molecule has 0 bridgehead atoms. The molecule has 2 aromatic rings. The molecule has 6 nitrogen and oxygen atoms in total. The van der Waals surface area contributed by atoms with Crippen molar-refractivity contribution in [2.45, 2.75) is 18.8 Å².